The zero-order valence-corrected chi connectivity index (χ0v) is 17.6. The normalized spacial score (nSPS) is 11.4. The molecule has 0 aliphatic carbocycles. The second-order valence-electron chi connectivity index (χ2n) is 6.72. The van der Waals surface area contributed by atoms with Crippen LogP contribution >= 0.6 is 0 Å². The molecule has 0 aliphatic rings. The molecule has 0 radical (unpaired) electrons. The maximum Gasteiger partial charge on any atom is 0.242 e. The molecule has 2 amide bonds. The van der Waals surface area contributed by atoms with Crippen molar-refractivity contribution in [1.29, 1.82) is 0 Å². The highest BCUT2D eigenvalue weighted by Gasteiger charge is 2.28. The summed E-state index contributed by atoms with van der Waals surface area (Å²) in [5.41, 5.74) is 1.78. The van der Waals surface area contributed by atoms with Gasteiger partial charge < -0.3 is 19.7 Å². The number of hydrogen-bond donors (Lipinski definition) is 1. The van der Waals surface area contributed by atoms with E-state index in [1.165, 1.54) is 0 Å². The zero-order valence-electron chi connectivity index (χ0n) is 17.6. The van der Waals surface area contributed by atoms with Crippen molar-refractivity contribution in [3.63, 3.8) is 0 Å². The van der Waals surface area contributed by atoms with Crippen LogP contribution in [0.5, 0.6) is 11.5 Å². The van der Waals surface area contributed by atoms with E-state index in [1.807, 2.05) is 62.4 Å². The maximum absolute atomic E-state index is 13.2. The highest BCUT2D eigenvalue weighted by Crippen LogP contribution is 2.19. The predicted octanol–water partition coefficient (Wildman–Crippen LogP) is 3.19. The lowest BCUT2D eigenvalue weighted by atomic mass is 10.1. The summed E-state index contributed by atoms with van der Waals surface area (Å²) in [5, 5.41) is 2.85. The van der Waals surface area contributed by atoms with Gasteiger partial charge in [-0.2, -0.15) is 0 Å². The van der Waals surface area contributed by atoms with E-state index in [0.717, 1.165) is 22.6 Å². The molecule has 2 aromatic carbocycles. The van der Waals surface area contributed by atoms with Crippen molar-refractivity contribution in [1.82, 2.24) is 10.2 Å². The molecule has 2 rings (SSSR count). The van der Waals surface area contributed by atoms with Gasteiger partial charge in [0.25, 0.3) is 0 Å². The first-order valence-corrected chi connectivity index (χ1v) is 9.85. The smallest absolute Gasteiger partial charge is 0.242 e. The van der Waals surface area contributed by atoms with Crippen molar-refractivity contribution in [3.05, 3.63) is 59.7 Å². The molecule has 0 aliphatic heterocycles. The summed E-state index contributed by atoms with van der Waals surface area (Å²) in [6.07, 6.45) is 0.744. The maximum atomic E-state index is 13.2. The number of nitrogens with zero attached hydrogens (tertiary/aromatic N) is 1. The first-order valence-electron chi connectivity index (χ1n) is 9.85. The molecule has 0 unspecified atom stereocenters. The molecular formula is C23H30N2O4. The third kappa shape index (κ3) is 6.24. The minimum Gasteiger partial charge on any atom is -0.497 e. The van der Waals surface area contributed by atoms with Crippen molar-refractivity contribution < 1.29 is 19.1 Å². The Balaban J connectivity index is 2.27. The summed E-state index contributed by atoms with van der Waals surface area (Å²) in [4.78, 5) is 27.5. The molecule has 2 aromatic rings. The first kappa shape index (κ1) is 22.3. The van der Waals surface area contributed by atoms with E-state index in [2.05, 4.69) is 5.32 Å². The molecule has 0 bridgehead atoms. The Morgan fingerprint density at radius 2 is 1.66 bits per heavy atom. The largest absolute Gasteiger partial charge is 0.497 e. The van der Waals surface area contributed by atoms with E-state index in [0.29, 0.717) is 19.5 Å². The molecule has 1 atom stereocenters. The Hall–Kier alpha value is -3.02. The number of carbonyl (C=O) groups excluding carboxylic acids is 2. The summed E-state index contributed by atoms with van der Waals surface area (Å²) in [6, 6.07) is 14.4. The minimum absolute atomic E-state index is 0.101. The third-order valence-corrected chi connectivity index (χ3v) is 4.74. The molecule has 0 spiro atoms. The number of nitrogens with one attached hydrogen (secondary N) is 1. The summed E-state index contributed by atoms with van der Waals surface area (Å²) >= 11 is 0. The molecule has 1 N–H and O–H groups in total. The molecule has 6 nitrogen and oxygen atoms in total. The number of hydrogen-bond acceptors (Lipinski definition) is 4. The fraction of sp³-hybridized carbons (Fsp3) is 0.391. The van der Waals surface area contributed by atoms with Crippen molar-refractivity contribution in [2.75, 3.05) is 20.8 Å². The molecule has 0 fully saturated rings. The van der Waals surface area contributed by atoms with Crippen LogP contribution in [-0.4, -0.2) is 43.5 Å². The van der Waals surface area contributed by atoms with E-state index in [-0.39, 0.29) is 18.2 Å². The van der Waals surface area contributed by atoms with Gasteiger partial charge in [0.2, 0.25) is 11.8 Å². The second-order valence-corrected chi connectivity index (χ2v) is 6.72. The van der Waals surface area contributed by atoms with Crippen LogP contribution in [0.3, 0.4) is 0 Å². The lowest BCUT2D eigenvalue weighted by Crippen LogP contribution is -2.49. The van der Waals surface area contributed by atoms with Gasteiger partial charge in [0.1, 0.15) is 17.5 Å². The van der Waals surface area contributed by atoms with Crippen LogP contribution in [0, 0.1) is 0 Å². The monoisotopic (exact) mass is 398 g/mol. The average molecular weight is 399 g/mol. The number of rotatable bonds is 10. The third-order valence-electron chi connectivity index (χ3n) is 4.74. The molecule has 0 aromatic heterocycles. The van der Waals surface area contributed by atoms with Crippen LogP contribution in [0.2, 0.25) is 0 Å². The number of amides is 2. The fourth-order valence-corrected chi connectivity index (χ4v) is 3.20. The fourth-order valence-electron chi connectivity index (χ4n) is 3.20. The summed E-state index contributed by atoms with van der Waals surface area (Å²) in [7, 11) is 3.21. The van der Waals surface area contributed by atoms with Gasteiger partial charge in [0.15, 0.2) is 0 Å². The highest BCUT2D eigenvalue weighted by atomic mass is 16.5. The molecule has 156 valence electrons. The second kappa shape index (κ2) is 11.1. The van der Waals surface area contributed by atoms with Gasteiger partial charge in [-0.3, -0.25) is 9.59 Å². The molecule has 0 heterocycles. The summed E-state index contributed by atoms with van der Waals surface area (Å²) in [6.45, 7) is 4.65. The van der Waals surface area contributed by atoms with E-state index in [9.17, 15) is 9.59 Å². The van der Waals surface area contributed by atoms with Gasteiger partial charge in [-0.25, -0.2) is 0 Å². The van der Waals surface area contributed by atoms with Gasteiger partial charge in [0, 0.05) is 13.1 Å². The lowest BCUT2D eigenvalue weighted by molar-refractivity contribution is -0.140. The van der Waals surface area contributed by atoms with Gasteiger partial charge in [0.05, 0.1) is 20.6 Å². The molecule has 29 heavy (non-hydrogen) atoms. The lowest BCUT2D eigenvalue weighted by Gasteiger charge is -2.30. The average Bonchev–Trinajstić information content (AvgIpc) is 2.74. The molecule has 6 heteroatoms. The van der Waals surface area contributed by atoms with Gasteiger partial charge >= 0.3 is 0 Å². The first-order chi connectivity index (χ1) is 14.0. The van der Waals surface area contributed by atoms with Gasteiger partial charge in [-0.1, -0.05) is 31.2 Å². The number of likely N-dealkylation sites (N-methyl/N-ethyl adjacent to an activating group) is 1. The standard InChI is InChI=1S/C23H30N2O4/c1-5-21(23(27)24-6-2)25(16-18-8-7-9-20(14-18)29-4)22(26)15-17-10-12-19(28-3)13-11-17/h7-14,21H,5-6,15-16H2,1-4H3,(H,24,27)/t21-/m1/s1. The van der Waals surface area contributed by atoms with Crippen LogP contribution in [0.1, 0.15) is 31.4 Å². The van der Waals surface area contributed by atoms with E-state index < -0.39 is 6.04 Å². The van der Waals surface area contributed by atoms with E-state index >= 15 is 0 Å². The van der Waals surface area contributed by atoms with Crippen LogP contribution in [0.15, 0.2) is 48.5 Å². The van der Waals surface area contributed by atoms with Crippen molar-refractivity contribution in [3.8, 4) is 11.5 Å². The summed E-state index contributed by atoms with van der Waals surface area (Å²) < 4.78 is 10.5. The van der Waals surface area contributed by atoms with Crippen LogP contribution in [-0.2, 0) is 22.6 Å². The minimum atomic E-state index is -0.535. The van der Waals surface area contributed by atoms with Crippen molar-refractivity contribution in [2.45, 2.75) is 39.3 Å². The van der Waals surface area contributed by atoms with Gasteiger partial charge in [-0.05, 0) is 48.7 Å². The van der Waals surface area contributed by atoms with E-state index in [4.69, 9.17) is 9.47 Å². The molecular weight excluding hydrogens is 368 g/mol. The predicted molar refractivity (Wildman–Crippen MR) is 113 cm³/mol. The van der Waals surface area contributed by atoms with Crippen LogP contribution in [0.4, 0.5) is 0 Å². The zero-order chi connectivity index (χ0) is 21.2. The number of methoxy groups -OCH3 is 2. The topological polar surface area (TPSA) is 67.9 Å². The highest BCUT2D eigenvalue weighted by molar-refractivity contribution is 5.88. The Morgan fingerprint density at radius 1 is 0.966 bits per heavy atom. The SMILES string of the molecule is CCNC(=O)[C@@H](CC)N(Cc1cccc(OC)c1)C(=O)Cc1ccc(OC)cc1. The van der Waals surface area contributed by atoms with Crippen molar-refractivity contribution in [2.24, 2.45) is 0 Å². The quantitative estimate of drug-likeness (QED) is 0.667. The number of ether oxygens (including phenoxy) is 2. The Kier molecular flexibility index (Phi) is 8.52. The van der Waals surface area contributed by atoms with Crippen LogP contribution < -0.4 is 14.8 Å². The Morgan fingerprint density at radius 3 is 2.24 bits per heavy atom. The molecule has 0 saturated carbocycles. The van der Waals surface area contributed by atoms with Crippen LogP contribution in [0.25, 0.3) is 0 Å². The number of benzene rings is 2. The Labute approximate surface area is 172 Å². The van der Waals surface area contributed by atoms with Gasteiger partial charge in [-0.15, -0.1) is 0 Å². The Bertz CT molecular complexity index is 805. The summed E-state index contributed by atoms with van der Waals surface area (Å²) in [5.74, 6) is 1.22. The van der Waals surface area contributed by atoms with E-state index in [1.54, 1.807) is 19.1 Å². The van der Waals surface area contributed by atoms with Crippen molar-refractivity contribution >= 4 is 11.8 Å². The molecule has 0 saturated heterocycles. The number of carbonyl (C=O) groups is 2.